The third-order valence-corrected chi connectivity index (χ3v) is 4.32. The molecule has 0 aliphatic rings. The zero-order valence-corrected chi connectivity index (χ0v) is 16.8. The van der Waals surface area contributed by atoms with Crippen molar-refractivity contribution in [2.75, 3.05) is 13.2 Å². The molecule has 2 N–H and O–H groups in total. The molecule has 0 rings (SSSR count). The van der Waals surface area contributed by atoms with Crippen LogP contribution < -0.4 is 5.73 Å². The van der Waals surface area contributed by atoms with Crippen LogP contribution in [0.25, 0.3) is 0 Å². The smallest absolute Gasteiger partial charge is 0.135 e. The fraction of sp³-hybridized carbons (Fsp3) is 0.947. The molecular weight excluding hydrogens is 290 g/mol. The summed E-state index contributed by atoms with van der Waals surface area (Å²) in [6, 6.07) is 0. The zero-order chi connectivity index (χ0) is 18.5. The highest BCUT2D eigenvalue weighted by molar-refractivity contribution is 5.81. The van der Waals surface area contributed by atoms with Crippen LogP contribution in [0.1, 0.15) is 81.6 Å². The number of ether oxygens (including phenoxy) is 2. The lowest BCUT2D eigenvalue weighted by atomic mass is 9.78. The Hall–Kier alpha value is -0.450. The van der Waals surface area contributed by atoms with Crippen molar-refractivity contribution in [2.24, 2.45) is 11.1 Å². The molecule has 23 heavy (non-hydrogen) atoms. The van der Waals surface area contributed by atoms with Gasteiger partial charge in [0.2, 0.25) is 0 Å². The Morgan fingerprint density at radius 3 is 1.83 bits per heavy atom. The van der Waals surface area contributed by atoms with Crippen LogP contribution in [0.4, 0.5) is 0 Å². The minimum absolute atomic E-state index is 0.193. The molecule has 0 spiro atoms. The number of rotatable bonds is 11. The van der Waals surface area contributed by atoms with Gasteiger partial charge in [0, 0.05) is 5.41 Å². The average molecular weight is 330 g/mol. The second-order valence-corrected chi connectivity index (χ2v) is 9.14. The normalized spacial score (nSPS) is 14.2. The molecular formula is C19H39NO3. The van der Waals surface area contributed by atoms with E-state index in [1.807, 2.05) is 13.8 Å². The van der Waals surface area contributed by atoms with E-state index in [4.69, 9.17) is 15.2 Å². The summed E-state index contributed by atoms with van der Waals surface area (Å²) >= 11 is 0. The van der Waals surface area contributed by atoms with Crippen LogP contribution in [-0.2, 0) is 14.3 Å². The van der Waals surface area contributed by atoms with Crippen LogP contribution in [0.15, 0.2) is 0 Å². The van der Waals surface area contributed by atoms with Gasteiger partial charge in [0.1, 0.15) is 5.78 Å². The molecule has 0 heterocycles. The van der Waals surface area contributed by atoms with Crippen molar-refractivity contribution in [3.63, 3.8) is 0 Å². The Labute approximate surface area is 143 Å². The van der Waals surface area contributed by atoms with Gasteiger partial charge >= 0.3 is 0 Å². The summed E-state index contributed by atoms with van der Waals surface area (Å²) in [5.41, 5.74) is 4.35. The molecule has 4 heteroatoms. The first-order valence-electron chi connectivity index (χ1n) is 8.68. The van der Waals surface area contributed by atoms with E-state index in [2.05, 4.69) is 41.5 Å². The van der Waals surface area contributed by atoms with E-state index in [1.165, 1.54) is 0 Å². The van der Waals surface area contributed by atoms with Crippen LogP contribution in [0, 0.1) is 5.41 Å². The van der Waals surface area contributed by atoms with Crippen molar-refractivity contribution in [2.45, 2.75) is 98.4 Å². The van der Waals surface area contributed by atoms with Gasteiger partial charge in [-0.1, -0.05) is 13.8 Å². The minimum atomic E-state index is -0.376. The SMILES string of the molecule is CC(=O)C(C)(C)CC(C)(C)OC(C)(C)CCOC(C)(C)CCN. The van der Waals surface area contributed by atoms with Gasteiger partial charge < -0.3 is 15.2 Å². The minimum Gasteiger partial charge on any atom is -0.375 e. The van der Waals surface area contributed by atoms with E-state index < -0.39 is 0 Å². The number of hydrogen-bond acceptors (Lipinski definition) is 4. The fourth-order valence-corrected chi connectivity index (χ4v) is 3.02. The molecule has 0 aromatic carbocycles. The molecule has 0 atom stereocenters. The maximum absolute atomic E-state index is 11.8. The molecule has 0 amide bonds. The van der Waals surface area contributed by atoms with Crippen LogP contribution in [0.5, 0.6) is 0 Å². The summed E-state index contributed by atoms with van der Waals surface area (Å²) in [5, 5.41) is 0. The van der Waals surface area contributed by atoms with Gasteiger partial charge in [-0.05, 0) is 74.3 Å². The third-order valence-electron chi connectivity index (χ3n) is 4.32. The van der Waals surface area contributed by atoms with Crippen molar-refractivity contribution < 1.29 is 14.3 Å². The van der Waals surface area contributed by atoms with E-state index >= 15 is 0 Å². The van der Waals surface area contributed by atoms with Crippen molar-refractivity contribution in [1.82, 2.24) is 0 Å². The highest BCUT2D eigenvalue weighted by Crippen LogP contribution is 2.34. The monoisotopic (exact) mass is 329 g/mol. The summed E-state index contributed by atoms with van der Waals surface area (Å²) in [5.74, 6) is 0.193. The van der Waals surface area contributed by atoms with Gasteiger partial charge in [0.25, 0.3) is 0 Å². The number of Topliss-reactive ketones (excluding diaryl/α,β-unsaturated/α-hetero) is 1. The Morgan fingerprint density at radius 1 is 0.870 bits per heavy atom. The molecule has 0 aromatic rings. The van der Waals surface area contributed by atoms with Crippen molar-refractivity contribution in [3.8, 4) is 0 Å². The van der Waals surface area contributed by atoms with Gasteiger partial charge in [-0.2, -0.15) is 0 Å². The van der Waals surface area contributed by atoms with Gasteiger partial charge in [0.15, 0.2) is 0 Å². The quantitative estimate of drug-likeness (QED) is 0.620. The van der Waals surface area contributed by atoms with Crippen molar-refractivity contribution in [3.05, 3.63) is 0 Å². The average Bonchev–Trinajstić information content (AvgIpc) is 2.23. The maximum atomic E-state index is 11.8. The first kappa shape index (κ1) is 22.6. The van der Waals surface area contributed by atoms with E-state index in [9.17, 15) is 4.79 Å². The molecule has 0 saturated heterocycles. The molecule has 0 aliphatic heterocycles. The highest BCUT2D eigenvalue weighted by atomic mass is 16.5. The van der Waals surface area contributed by atoms with Gasteiger partial charge in [-0.3, -0.25) is 4.79 Å². The van der Waals surface area contributed by atoms with Gasteiger partial charge in [-0.25, -0.2) is 0 Å². The Morgan fingerprint density at radius 2 is 1.39 bits per heavy atom. The molecule has 0 radical (unpaired) electrons. The van der Waals surface area contributed by atoms with Crippen LogP contribution in [-0.4, -0.2) is 35.7 Å². The first-order valence-corrected chi connectivity index (χ1v) is 8.68. The number of hydrogen-bond donors (Lipinski definition) is 1. The summed E-state index contributed by atoms with van der Waals surface area (Å²) in [6.45, 7) is 19.2. The topological polar surface area (TPSA) is 61.5 Å². The predicted molar refractivity (Wildman–Crippen MR) is 96.6 cm³/mol. The van der Waals surface area contributed by atoms with E-state index in [0.717, 1.165) is 12.8 Å². The summed E-state index contributed by atoms with van der Waals surface area (Å²) in [6.07, 6.45) is 2.33. The summed E-state index contributed by atoms with van der Waals surface area (Å²) in [4.78, 5) is 11.8. The Bertz CT molecular complexity index is 384. The molecule has 4 nitrogen and oxygen atoms in total. The molecule has 0 fully saturated rings. The highest BCUT2D eigenvalue weighted by Gasteiger charge is 2.36. The molecule has 0 aromatic heterocycles. The molecule has 0 bridgehead atoms. The molecule has 0 aliphatic carbocycles. The first-order chi connectivity index (χ1) is 10.1. The molecule has 138 valence electrons. The lowest BCUT2D eigenvalue weighted by molar-refractivity contribution is -0.157. The van der Waals surface area contributed by atoms with Gasteiger partial charge in [0.05, 0.1) is 23.4 Å². The second kappa shape index (κ2) is 8.09. The fourth-order valence-electron chi connectivity index (χ4n) is 3.02. The van der Waals surface area contributed by atoms with Crippen LogP contribution in [0.3, 0.4) is 0 Å². The lowest BCUT2D eigenvalue weighted by Gasteiger charge is -2.40. The molecule has 0 saturated carbocycles. The number of ketones is 1. The van der Waals surface area contributed by atoms with Crippen LogP contribution >= 0.6 is 0 Å². The van der Waals surface area contributed by atoms with Gasteiger partial charge in [-0.15, -0.1) is 0 Å². The largest absolute Gasteiger partial charge is 0.375 e. The van der Waals surface area contributed by atoms with Crippen molar-refractivity contribution >= 4 is 5.78 Å². The standard InChI is InChI=1S/C19H39NO3/c1-15(21)16(2,3)14-19(8,9)23-18(6,7)11-13-22-17(4,5)10-12-20/h10-14,20H2,1-9H3. The van der Waals surface area contributed by atoms with E-state index in [1.54, 1.807) is 6.92 Å². The zero-order valence-electron chi connectivity index (χ0n) is 16.8. The number of carbonyl (C=O) groups excluding carboxylic acids is 1. The summed E-state index contributed by atoms with van der Waals surface area (Å²) in [7, 11) is 0. The third kappa shape index (κ3) is 9.43. The van der Waals surface area contributed by atoms with Crippen LogP contribution in [0.2, 0.25) is 0 Å². The lowest BCUT2D eigenvalue weighted by Crippen LogP contribution is -2.42. The number of nitrogens with two attached hydrogens (primary N) is 1. The summed E-state index contributed by atoms with van der Waals surface area (Å²) < 4.78 is 12.3. The Balaban J connectivity index is 4.57. The van der Waals surface area contributed by atoms with Crippen molar-refractivity contribution in [1.29, 1.82) is 0 Å². The second-order valence-electron chi connectivity index (χ2n) is 9.14. The maximum Gasteiger partial charge on any atom is 0.135 e. The van der Waals surface area contributed by atoms with E-state index in [-0.39, 0.29) is 28.0 Å². The number of carbonyl (C=O) groups is 1. The molecule has 0 unspecified atom stereocenters. The van der Waals surface area contributed by atoms with E-state index in [0.29, 0.717) is 19.6 Å². The predicted octanol–water partition coefficient (Wildman–Crippen LogP) is 4.10. The Kier molecular flexibility index (Phi) is 7.93.